The second kappa shape index (κ2) is 3.91. The van der Waals surface area contributed by atoms with Crippen molar-refractivity contribution in [2.45, 2.75) is 0 Å². The highest BCUT2D eigenvalue weighted by atomic mass is 16.5. The van der Waals surface area contributed by atoms with Crippen LogP contribution in [0.5, 0.6) is 5.75 Å². The number of hydrogen-bond donors (Lipinski definition) is 1. The molecule has 0 aliphatic heterocycles. The van der Waals surface area contributed by atoms with Crippen molar-refractivity contribution >= 4 is 5.82 Å². The molecule has 5 heteroatoms. The SMILES string of the molecule is COc1c(N)ncnc1-c1ccncc1. The molecule has 0 spiro atoms. The van der Waals surface area contributed by atoms with Crippen LogP contribution in [0.2, 0.25) is 0 Å². The number of anilines is 1. The highest BCUT2D eigenvalue weighted by Crippen LogP contribution is 2.30. The third kappa shape index (κ3) is 1.71. The lowest BCUT2D eigenvalue weighted by atomic mass is 10.2. The molecular weight excluding hydrogens is 192 g/mol. The van der Waals surface area contributed by atoms with Gasteiger partial charge < -0.3 is 10.5 Å². The monoisotopic (exact) mass is 202 g/mol. The Morgan fingerprint density at radius 2 is 1.93 bits per heavy atom. The molecule has 76 valence electrons. The minimum Gasteiger partial charge on any atom is -0.491 e. The van der Waals surface area contributed by atoms with Gasteiger partial charge in [-0.05, 0) is 12.1 Å². The lowest BCUT2D eigenvalue weighted by Crippen LogP contribution is -1.99. The van der Waals surface area contributed by atoms with Crippen LogP contribution in [0.4, 0.5) is 5.82 Å². The third-order valence-corrected chi connectivity index (χ3v) is 1.99. The van der Waals surface area contributed by atoms with E-state index in [1.807, 2.05) is 12.1 Å². The van der Waals surface area contributed by atoms with E-state index in [0.717, 1.165) is 5.56 Å². The van der Waals surface area contributed by atoms with E-state index in [0.29, 0.717) is 17.3 Å². The number of ether oxygens (including phenoxy) is 1. The molecule has 0 bridgehead atoms. The number of methoxy groups -OCH3 is 1. The summed E-state index contributed by atoms with van der Waals surface area (Å²) in [5.41, 5.74) is 7.25. The van der Waals surface area contributed by atoms with Crippen LogP contribution in [0.25, 0.3) is 11.3 Å². The number of rotatable bonds is 2. The van der Waals surface area contributed by atoms with Crippen molar-refractivity contribution in [3.63, 3.8) is 0 Å². The standard InChI is InChI=1S/C10H10N4O/c1-15-9-8(13-6-14-10(9)11)7-2-4-12-5-3-7/h2-6H,1H3,(H2,11,13,14). The van der Waals surface area contributed by atoms with Crippen LogP contribution in [0, 0.1) is 0 Å². The largest absolute Gasteiger partial charge is 0.491 e. The van der Waals surface area contributed by atoms with Gasteiger partial charge in [0.15, 0.2) is 11.6 Å². The maximum atomic E-state index is 5.68. The highest BCUT2D eigenvalue weighted by molar-refractivity contribution is 5.70. The summed E-state index contributed by atoms with van der Waals surface area (Å²) in [4.78, 5) is 11.9. The minimum absolute atomic E-state index is 0.333. The molecule has 0 unspecified atom stereocenters. The zero-order chi connectivity index (χ0) is 10.7. The number of nitrogens with zero attached hydrogens (tertiary/aromatic N) is 3. The first-order valence-corrected chi connectivity index (χ1v) is 4.38. The average molecular weight is 202 g/mol. The molecule has 2 aromatic rings. The molecular formula is C10H10N4O. The van der Waals surface area contributed by atoms with Crippen molar-refractivity contribution in [2.75, 3.05) is 12.8 Å². The lowest BCUT2D eigenvalue weighted by molar-refractivity contribution is 0.415. The Kier molecular flexibility index (Phi) is 2.45. The first-order chi connectivity index (χ1) is 7.33. The molecule has 0 atom stereocenters. The molecule has 2 N–H and O–H groups in total. The first-order valence-electron chi connectivity index (χ1n) is 4.38. The maximum absolute atomic E-state index is 5.68. The van der Waals surface area contributed by atoms with E-state index < -0.39 is 0 Å². The number of hydrogen-bond acceptors (Lipinski definition) is 5. The molecule has 0 saturated carbocycles. The highest BCUT2D eigenvalue weighted by Gasteiger charge is 2.10. The van der Waals surface area contributed by atoms with Crippen molar-refractivity contribution < 1.29 is 4.74 Å². The molecule has 0 aliphatic rings. The normalized spacial score (nSPS) is 9.93. The summed E-state index contributed by atoms with van der Waals surface area (Å²) in [7, 11) is 1.54. The van der Waals surface area contributed by atoms with Crippen molar-refractivity contribution in [1.29, 1.82) is 0 Å². The zero-order valence-electron chi connectivity index (χ0n) is 8.21. The molecule has 2 heterocycles. The molecule has 5 nitrogen and oxygen atoms in total. The van der Waals surface area contributed by atoms with E-state index in [1.54, 1.807) is 19.5 Å². The molecule has 2 aromatic heterocycles. The predicted molar refractivity (Wildman–Crippen MR) is 56.2 cm³/mol. The lowest BCUT2D eigenvalue weighted by Gasteiger charge is -2.08. The van der Waals surface area contributed by atoms with Gasteiger partial charge in [-0.2, -0.15) is 0 Å². The summed E-state index contributed by atoms with van der Waals surface area (Å²) in [5, 5.41) is 0. The molecule has 0 aromatic carbocycles. The van der Waals surface area contributed by atoms with Crippen LogP contribution in [0.15, 0.2) is 30.9 Å². The van der Waals surface area contributed by atoms with Crippen molar-refractivity contribution in [1.82, 2.24) is 15.0 Å². The summed E-state index contributed by atoms with van der Waals surface area (Å²) in [6.45, 7) is 0. The van der Waals surface area contributed by atoms with Gasteiger partial charge in [0.25, 0.3) is 0 Å². The Bertz CT molecular complexity index is 458. The van der Waals surface area contributed by atoms with E-state index in [2.05, 4.69) is 15.0 Å². The molecule has 0 amide bonds. The Morgan fingerprint density at radius 3 is 2.60 bits per heavy atom. The summed E-state index contributed by atoms with van der Waals surface area (Å²) in [6, 6.07) is 3.68. The Balaban J connectivity index is 2.58. The van der Waals surface area contributed by atoms with Gasteiger partial charge >= 0.3 is 0 Å². The topological polar surface area (TPSA) is 73.9 Å². The summed E-state index contributed by atoms with van der Waals surface area (Å²) in [5.74, 6) is 0.822. The van der Waals surface area contributed by atoms with Crippen molar-refractivity contribution in [3.05, 3.63) is 30.9 Å². The first kappa shape index (κ1) is 9.39. The maximum Gasteiger partial charge on any atom is 0.187 e. The molecule has 15 heavy (non-hydrogen) atoms. The zero-order valence-corrected chi connectivity index (χ0v) is 8.21. The predicted octanol–water partition coefficient (Wildman–Crippen LogP) is 1.13. The molecule has 0 fully saturated rings. The average Bonchev–Trinajstić information content (AvgIpc) is 2.30. The summed E-state index contributed by atoms with van der Waals surface area (Å²) >= 11 is 0. The van der Waals surface area contributed by atoms with Gasteiger partial charge in [0.1, 0.15) is 12.0 Å². The van der Waals surface area contributed by atoms with Gasteiger partial charge in [-0.15, -0.1) is 0 Å². The van der Waals surface area contributed by atoms with Gasteiger partial charge in [-0.3, -0.25) is 4.98 Å². The van der Waals surface area contributed by atoms with E-state index in [1.165, 1.54) is 6.33 Å². The smallest absolute Gasteiger partial charge is 0.187 e. The van der Waals surface area contributed by atoms with Crippen LogP contribution in [0.1, 0.15) is 0 Å². The Morgan fingerprint density at radius 1 is 1.20 bits per heavy atom. The summed E-state index contributed by atoms with van der Waals surface area (Å²) < 4.78 is 5.16. The fourth-order valence-corrected chi connectivity index (χ4v) is 1.30. The minimum atomic E-state index is 0.333. The number of nitrogens with two attached hydrogens (primary N) is 1. The van der Waals surface area contributed by atoms with Gasteiger partial charge in [-0.25, -0.2) is 9.97 Å². The van der Waals surface area contributed by atoms with Crippen LogP contribution < -0.4 is 10.5 Å². The van der Waals surface area contributed by atoms with E-state index in [4.69, 9.17) is 10.5 Å². The Hall–Kier alpha value is -2.17. The van der Waals surface area contributed by atoms with Gasteiger partial charge in [0.05, 0.1) is 7.11 Å². The van der Waals surface area contributed by atoms with Crippen molar-refractivity contribution in [3.8, 4) is 17.0 Å². The fourth-order valence-electron chi connectivity index (χ4n) is 1.30. The number of nitrogen functional groups attached to an aromatic ring is 1. The summed E-state index contributed by atoms with van der Waals surface area (Å²) in [6.07, 6.45) is 4.79. The molecule has 0 radical (unpaired) electrons. The van der Waals surface area contributed by atoms with Crippen molar-refractivity contribution in [2.24, 2.45) is 0 Å². The Labute approximate surface area is 87.0 Å². The molecule has 0 saturated heterocycles. The van der Waals surface area contributed by atoms with E-state index >= 15 is 0 Å². The van der Waals surface area contributed by atoms with Gasteiger partial charge in [0, 0.05) is 18.0 Å². The number of aromatic nitrogens is 3. The van der Waals surface area contributed by atoms with Crippen LogP contribution in [-0.2, 0) is 0 Å². The van der Waals surface area contributed by atoms with Gasteiger partial charge in [-0.1, -0.05) is 0 Å². The van der Waals surface area contributed by atoms with Gasteiger partial charge in [0.2, 0.25) is 0 Å². The third-order valence-electron chi connectivity index (χ3n) is 1.99. The number of pyridine rings is 1. The molecule has 0 aliphatic carbocycles. The van der Waals surface area contributed by atoms with Crippen LogP contribution in [-0.4, -0.2) is 22.1 Å². The van der Waals surface area contributed by atoms with Crippen LogP contribution >= 0.6 is 0 Å². The molecule has 2 rings (SSSR count). The van der Waals surface area contributed by atoms with Crippen LogP contribution in [0.3, 0.4) is 0 Å². The fraction of sp³-hybridized carbons (Fsp3) is 0.100. The van der Waals surface area contributed by atoms with E-state index in [9.17, 15) is 0 Å². The second-order valence-electron chi connectivity index (χ2n) is 2.88. The van der Waals surface area contributed by atoms with E-state index in [-0.39, 0.29) is 0 Å². The second-order valence-corrected chi connectivity index (χ2v) is 2.88. The quantitative estimate of drug-likeness (QED) is 0.790.